The molecule has 0 spiro atoms. The zero-order valence-electron chi connectivity index (χ0n) is 20.9. The van der Waals surface area contributed by atoms with Gasteiger partial charge in [-0.15, -0.1) is 0 Å². The topological polar surface area (TPSA) is 44.3 Å². The Morgan fingerprint density at radius 3 is 2.03 bits per heavy atom. The average molecular weight is 498 g/mol. The Labute approximate surface area is 218 Å². The van der Waals surface area contributed by atoms with Crippen LogP contribution in [0.25, 0.3) is 0 Å². The number of rotatable bonds is 8. The third kappa shape index (κ3) is 5.86. The zero-order chi connectivity index (χ0) is 24.9. The molecule has 36 heavy (non-hydrogen) atoms. The second kappa shape index (κ2) is 11.1. The van der Waals surface area contributed by atoms with Gasteiger partial charge in [-0.05, 0) is 66.3 Å². The Morgan fingerprint density at radius 2 is 1.44 bits per heavy atom. The summed E-state index contributed by atoms with van der Waals surface area (Å²) in [5.74, 6) is 0.812. The van der Waals surface area contributed by atoms with Gasteiger partial charge in [0.2, 0.25) is 5.28 Å². The first kappa shape index (κ1) is 24.3. The fourth-order valence-electron chi connectivity index (χ4n) is 4.91. The molecule has 1 heterocycles. The highest BCUT2D eigenvalue weighted by Gasteiger charge is 2.28. The van der Waals surface area contributed by atoms with Crippen LogP contribution in [0, 0.1) is 0 Å². The van der Waals surface area contributed by atoms with Gasteiger partial charge >= 0.3 is 0 Å². The Balaban J connectivity index is 1.42. The Bertz CT molecular complexity index is 1230. The van der Waals surface area contributed by atoms with Crippen molar-refractivity contribution in [3.05, 3.63) is 113 Å². The molecule has 5 rings (SSSR count). The van der Waals surface area contributed by atoms with Crippen molar-refractivity contribution in [2.24, 2.45) is 0 Å². The molecule has 0 saturated carbocycles. The number of hydrogen-bond acceptors (Lipinski definition) is 5. The molecule has 1 aliphatic rings. The minimum atomic E-state index is 0.296. The van der Waals surface area contributed by atoms with Gasteiger partial charge in [-0.2, -0.15) is 0 Å². The van der Waals surface area contributed by atoms with Crippen LogP contribution in [0.1, 0.15) is 28.8 Å². The minimum Gasteiger partial charge on any atom is -0.378 e. The number of nitrogens with zero attached hydrogens (tertiary/aromatic N) is 4. The number of anilines is 3. The Kier molecular flexibility index (Phi) is 7.49. The summed E-state index contributed by atoms with van der Waals surface area (Å²) in [7, 11) is 4.08. The van der Waals surface area contributed by atoms with E-state index in [9.17, 15) is 0 Å². The van der Waals surface area contributed by atoms with Crippen LogP contribution in [0.5, 0.6) is 0 Å². The van der Waals surface area contributed by atoms with Crippen LogP contribution in [0.3, 0.4) is 0 Å². The maximum absolute atomic E-state index is 6.35. The van der Waals surface area contributed by atoms with E-state index in [2.05, 4.69) is 110 Å². The van der Waals surface area contributed by atoms with E-state index < -0.39 is 0 Å². The van der Waals surface area contributed by atoms with E-state index in [0.717, 1.165) is 55.2 Å². The molecule has 1 N–H and O–H groups in total. The summed E-state index contributed by atoms with van der Waals surface area (Å²) in [5, 5.41) is 3.82. The molecule has 1 aliphatic carbocycles. The Hall–Kier alpha value is -3.41. The molecule has 0 fully saturated rings. The number of halogens is 1. The van der Waals surface area contributed by atoms with E-state index in [1.165, 1.54) is 16.7 Å². The van der Waals surface area contributed by atoms with E-state index in [1.54, 1.807) is 0 Å². The first-order chi connectivity index (χ1) is 17.5. The summed E-state index contributed by atoms with van der Waals surface area (Å²) in [6.45, 7) is 1.80. The highest BCUT2D eigenvalue weighted by atomic mass is 35.5. The lowest BCUT2D eigenvalue weighted by Crippen LogP contribution is -2.39. The lowest BCUT2D eigenvalue weighted by Gasteiger charge is -2.35. The fourth-order valence-corrected chi connectivity index (χ4v) is 5.09. The van der Waals surface area contributed by atoms with Gasteiger partial charge in [0.05, 0.1) is 5.69 Å². The molecule has 1 aromatic heterocycles. The van der Waals surface area contributed by atoms with Crippen molar-refractivity contribution in [2.75, 3.05) is 24.3 Å². The number of benzene rings is 3. The van der Waals surface area contributed by atoms with E-state index >= 15 is 0 Å². The van der Waals surface area contributed by atoms with Crippen LogP contribution in [0.15, 0.2) is 84.9 Å². The summed E-state index contributed by atoms with van der Waals surface area (Å²) in [6, 6.07) is 30.2. The van der Waals surface area contributed by atoms with Gasteiger partial charge in [0.25, 0.3) is 0 Å². The number of hydrogen-bond donors (Lipinski definition) is 1. The predicted octanol–water partition coefficient (Wildman–Crippen LogP) is 6.50. The predicted molar refractivity (Wildman–Crippen MR) is 149 cm³/mol. The molecule has 0 radical (unpaired) electrons. The van der Waals surface area contributed by atoms with Crippen LogP contribution >= 0.6 is 11.6 Å². The van der Waals surface area contributed by atoms with Gasteiger partial charge in [-0.3, -0.25) is 4.90 Å². The van der Waals surface area contributed by atoms with Crippen LogP contribution in [0.4, 0.5) is 17.2 Å². The lowest BCUT2D eigenvalue weighted by atomic mass is 9.90. The third-order valence-electron chi connectivity index (χ3n) is 6.84. The van der Waals surface area contributed by atoms with Crippen molar-refractivity contribution in [3.8, 4) is 0 Å². The maximum Gasteiger partial charge on any atom is 0.224 e. The summed E-state index contributed by atoms with van der Waals surface area (Å²) in [5.41, 5.74) is 7.01. The van der Waals surface area contributed by atoms with Crippen LogP contribution in [0.2, 0.25) is 5.28 Å². The molecule has 6 heteroatoms. The minimum absolute atomic E-state index is 0.296. The molecule has 4 aromatic rings. The van der Waals surface area contributed by atoms with Crippen LogP contribution in [-0.4, -0.2) is 35.0 Å². The van der Waals surface area contributed by atoms with E-state index in [1.807, 2.05) is 14.1 Å². The molecule has 3 aromatic carbocycles. The number of aromatic nitrogens is 2. The van der Waals surface area contributed by atoms with E-state index in [0.29, 0.717) is 11.3 Å². The SMILES string of the molecule is CN(C)c1ccc(Nc2nc(Cl)nc3c2CC(N(Cc2ccccc2)Cc2ccccc2)CC3)cc1. The van der Waals surface area contributed by atoms with Gasteiger partial charge < -0.3 is 10.2 Å². The summed E-state index contributed by atoms with van der Waals surface area (Å²) < 4.78 is 0. The molecule has 0 aliphatic heterocycles. The van der Waals surface area contributed by atoms with Gasteiger partial charge in [0.1, 0.15) is 5.82 Å². The second-order valence-corrected chi connectivity index (χ2v) is 9.94. The van der Waals surface area contributed by atoms with Crippen LogP contribution < -0.4 is 10.2 Å². The van der Waals surface area contributed by atoms with Gasteiger partial charge in [-0.1, -0.05) is 60.7 Å². The number of nitrogens with one attached hydrogen (secondary N) is 1. The molecule has 184 valence electrons. The van der Waals surface area contributed by atoms with Crippen LogP contribution in [-0.2, 0) is 25.9 Å². The smallest absolute Gasteiger partial charge is 0.224 e. The second-order valence-electron chi connectivity index (χ2n) is 9.61. The lowest BCUT2D eigenvalue weighted by molar-refractivity contribution is 0.161. The molecule has 1 unspecified atom stereocenters. The maximum atomic E-state index is 6.35. The van der Waals surface area contributed by atoms with Gasteiger partial charge in [0, 0.05) is 50.2 Å². The van der Waals surface area contributed by atoms with Crippen molar-refractivity contribution in [1.29, 1.82) is 0 Å². The quantitative estimate of drug-likeness (QED) is 0.281. The van der Waals surface area contributed by atoms with E-state index in [-0.39, 0.29) is 0 Å². The van der Waals surface area contributed by atoms with Crippen molar-refractivity contribution in [1.82, 2.24) is 14.9 Å². The van der Waals surface area contributed by atoms with Gasteiger partial charge in [0.15, 0.2) is 0 Å². The molecule has 5 nitrogen and oxygen atoms in total. The highest BCUT2D eigenvalue weighted by molar-refractivity contribution is 6.28. The first-order valence-electron chi connectivity index (χ1n) is 12.5. The van der Waals surface area contributed by atoms with Gasteiger partial charge in [-0.25, -0.2) is 9.97 Å². The molecular formula is C30H32ClN5. The standard InChI is InChI=1S/C30H32ClN5/c1-35(2)25-15-13-24(14-16-25)32-29-27-19-26(17-18-28(27)33-30(31)34-29)36(20-22-9-5-3-6-10-22)21-23-11-7-4-8-12-23/h3-16,26H,17-21H2,1-2H3,(H,32,33,34). The average Bonchev–Trinajstić information content (AvgIpc) is 2.89. The Morgan fingerprint density at radius 1 is 0.833 bits per heavy atom. The molecule has 0 saturated heterocycles. The monoisotopic (exact) mass is 497 g/mol. The third-order valence-corrected chi connectivity index (χ3v) is 7.01. The molecule has 1 atom stereocenters. The van der Waals surface area contributed by atoms with Crippen molar-refractivity contribution >= 4 is 28.8 Å². The molecule has 0 bridgehead atoms. The summed E-state index contributed by atoms with van der Waals surface area (Å²) in [4.78, 5) is 13.9. The number of fused-ring (bicyclic) bond motifs is 1. The molecule has 0 amide bonds. The molecular weight excluding hydrogens is 466 g/mol. The summed E-state index contributed by atoms with van der Waals surface area (Å²) in [6.07, 6.45) is 2.80. The van der Waals surface area contributed by atoms with E-state index in [4.69, 9.17) is 11.6 Å². The summed E-state index contributed by atoms with van der Waals surface area (Å²) >= 11 is 6.35. The largest absolute Gasteiger partial charge is 0.378 e. The first-order valence-corrected chi connectivity index (χ1v) is 12.8. The zero-order valence-corrected chi connectivity index (χ0v) is 21.6. The number of aryl methyl sites for hydroxylation is 1. The highest BCUT2D eigenvalue weighted by Crippen LogP contribution is 2.32. The van der Waals surface area contributed by atoms with Crippen molar-refractivity contribution in [3.63, 3.8) is 0 Å². The normalized spacial score (nSPS) is 14.9. The fraction of sp³-hybridized carbons (Fsp3) is 0.267. The van der Waals surface area contributed by atoms with Crippen molar-refractivity contribution in [2.45, 2.75) is 38.4 Å². The van der Waals surface area contributed by atoms with Crippen molar-refractivity contribution < 1.29 is 0 Å².